The molecule has 1 heterocycles. The molecule has 0 amide bonds. The van der Waals surface area contributed by atoms with Crippen molar-refractivity contribution in [1.82, 2.24) is 4.98 Å². The summed E-state index contributed by atoms with van der Waals surface area (Å²) in [7, 11) is 0. The monoisotopic (exact) mass is 259 g/mol. The number of hydrogen-bond acceptors (Lipinski definition) is 3. The van der Waals surface area contributed by atoms with E-state index in [1.807, 2.05) is 19.1 Å². The van der Waals surface area contributed by atoms with Crippen LogP contribution in [0.3, 0.4) is 0 Å². The molecule has 1 aromatic rings. The van der Waals surface area contributed by atoms with E-state index in [9.17, 15) is 0 Å². The Labute approximate surface area is 92.6 Å². The molecule has 0 saturated heterocycles. The van der Waals surface area contributed by atoms with E-state index >= 15 is 0 Å². The molecule has 0 unspecified atom stereocenters. The van der Waals surface area contributed by atoms with Gasteiger partial charge in [-0.05, 0) is 35.0 Å². The Kier molecular flexibility index (Phi) is 5.56. The highest BCUT2D eigenvalue weighted by Crippen LogP contribution is 2.20. The Bertz CT molecular complexity index is 268. The van der Waals surface area contributed by atoms with Gasteiger partial charge in [-0.15, -0.1) is 0 Å². The summed E-state index contributed by atoms with van der Waals surface area (Å²) in [5.74, 6) is 0.781. The lowest BCUT2D eigenvalue weighted by Crippen LogP contribution is -2.03. The van der Waals surface area contributed by atoms with Crippen LogP contribution in [0.2, 0.25) is 0 Å². The van der Waals surface area contributed by atoms with Gasteiger partial charge >= 0.3 is 0 Å². The maximum Gasteiger partial charge on any atom is 0.152 e. The van der Waals surface area contributed by atoms with Crippen LogP contribution in [-0.4, -0.2) is 24.8 Å². The van der Waals surface area contributed by atoms with Crippen LogP contribution in [0.15, 0.2) is 22.9 Å². The molecule has 0 spiro atoms. The number of pyridine rings is 1. The van der Waals surface area contributed by atoms with Gasteiger partial charge < -0.3 is 9.47 Å². The Morgan fingerprint density at radius 1 is 1.43 bits per heavy atom. The van der Waals surface area contributed by atoms with Crippen molar-refractivity contribution in [2.75, 3.05) is 19.8 Å². The molecular weight excluding hydrogens is 246 g/mol. The van der Waals surface area contributed by atoms with Gasteiger partial charge in [-0.3, -0.25) is 0 Å². The molecule has 0 aliphatic rings. The topological polar surface area (TPSA) is 31.4 Å². The predicted octanol–water partition coefficient (Wildman–Crippen LogP) is 2.65. The standard InChI is InChI=1S/C10H14BrNO2/c1-2-13-7-4-8-14-9-5-3-6-12-10(9)11/h3,5-6H,2,4,7-8H2,1H3. The number of aromatic nitrogens is 1. The quantitative estimate of drug-likeness (QED) is 0.582. The van der Waals surface area contributed by atoms with Gasteiger partial charge in [-0.25, -0.2) is 4.98 Å². The SMILES string of the molecule is CCOCCCOc1cccnc1Br. The van der Waals surface area contributed by atoms with Crippen LogP contribution >= 0.6 is 15.9 Å². The average molecular weight is 260 g/mol. The van der Waals surface area contributed by atoms with E-state index in [1.165, 1.54) is 0 Å². The van der Waals surface area contributed by atoms with Gasteiger partial charge in [-0.1, -0.05) is 0 Å². The van der Waals surface area contributed by atoms with Crippen molar-refractivity contribution in [3.05, 3.63) is 22.9 Å². The second-order valence-electron chi connectivity index (χ2n) is 2.69. The number of nitrogens with zero attached hydrogens (tertiary/aromatic N) is 1. The average Bonchev–Trinajstić information content (AvgIpc) is 2.20. The smallest absolute Gasteiger partial charge is 0.152 e. The molecule has 0 aromatic carbocycles. The summed E-state index contributed by atoms with van der Waals surface area (Å²) in [6, 6.07) is 3.74. The van der Waals surface area contributed by atoms with Crippen molar-refractivity contribution in [3.8, 4) is 5.75 Å². The summed E-state index contributed by atoms with van der Waals surface area (Å²) in [5, 5.41) is 0. The molecule has 4 heteroatoms. The van der Waals surface area contributed by atoms with Gasteiger partial charge in [0.25, 0.3) is 0 Å². The molecule has 3 nitrogen and oxygen atoms in total. The first kappa shape index (κ1) is 11.5. The number of ether oxygens (including phenoxy) is 2. The molecule has 0 atom stereocenters. The van der Waals surface area contributed by atoms with Crippen LogP contribution in [0.1, 0.15) is 13.3 Å². The first-order valence-corrected chi connectivity index (χ1v) is 5.45. The molecule has 14 heavy (non-hydrogen) atoms. The van der Waals surface area contributed by atoms with Crippen molar-refractivity contribution < 1.29 is 9.47 Å². The van der Waals surface area contributed by atoms with Crippen LogP contribution in [0, 0.1) is 0 Å². The second-order valence-corrected chi connectivity index (χ2v) is 3.44. The summed E-state index contributed by atoms with van der Waals surface area (Å²) in [5.41, 5.74) is 0. The molecular formula is C10H14BrNO2. The molecule has 0 aliphatic heterocycles. The third-order valence-corrected chi connectivity index (χ3v) is 2.22. The third kappa shape index (κ3) is 4.07. The largest absolute Gasteiger partial charge is 0.491 e. The summed E-state index contributed by atoms with van der Waals surface area (Å²) in [6.45, 7) is 4.15. The van der Waals surface area contributed by atoms with Gasteiger partial charge in [0.15, 0.2) is 5.75 Å². The van der Waals surface area contributed by atoms with Crippen molar-refractivity contribution in [2.24, 2.45) is 0 Å². The molecule has 0 fully saturated rings. The number of hydrogen-bond donors (Lipinski definition) is 0. The first-order chi connectivity index (χ1) is 6.84. The summed E-state index contributed by atoms with van der Waals surface area (Å²) < 4.78 is 11.4. The fourth-order valence-electron chi connectivity index (χ4n) is 0.966. The normalized spacial score (nSPS) is 10.1. The Morgan fingerprint density at radius 3 is 3.00 bits per heavy atom. The van der Waals surface area contributed by atoms with Crippen molar-refractivity contribution in [1.29, 1.82) is 0 Å². The zero-order chi connectivity index (χ0) is 10.2. The maximum absolute atomic E-state index is 5.49. The van der Waals surface area contributed by atoms with E-state index in [-0.39, 0.29) is 0 Å². The van der Waals surface area contributed by atoms with Crippen molar-refractivity contribution >= 4 is 15.9 Å². The van der Waals surface area contributed by atoms with Crippen molar-refractivity contribution in [2.45, 2.75) is 13.3 Å². The summed E-state index contributed by atoms with van der Waals surface area (Å²) in [6.07, 6.45) is 2.62. The zero-order valence-electron chi connectivity index (χ0n) is 8.20. The molecule has 0 N–H and O–H groups in total. The van der Waals surface area contributed by atoms with E-state index in [1.54, 1.807) is 6.20 Å². The molecule has 0 aliphatic carbocycles. The molecule has 1 aromatic heterocycles. The Balaban J connectivity index is 2.21. The fourth-order valence-corrected chi connectivity index (χ4v) is 1.33. The van der Waals surface area contributed by atoms with Crippen LogP contribution in [-0.2, 0) is 4.74 Å². The van der Waals surface area contributed by atoms with Gasteiger partial charge in [0.1, 0.15) is 4.60 Å². The summed E-state index contributed by atoms with van der Waals surface area (Å²) >= 11 is 3.31. The van der Waals surface area contributed by atoms with E-state index in [0.29, 0.717) is 6.61 Å². The second kappa shape index (κ2) is 6.79. The van der Waals surface area contributed by atoms with Gasteiger partial charge in [0, 0.05) is 25.8 Å². The third-order valence-electron chi connectivity index (χ3n) is 1.62. The van der Waals surface area contributed by atoms with Crippen LogP contribution in [0.25, 0.3) is 0 Å². The van der Waals surface area contributed by atoms with Crippen LogP contribution in [0.5, 0.6) is 5.75 Å². The molecule has 78 valence electrons. The fraction of sp³-hybridized carbons (Fsp3) is 0.500. The molecule has 0 radical (unpaired) electrons. The van der Waals surface area contributed by atoms with Crippen molar-refractivity contribution in [3.63, 3.8) is 0 Å². The number of rotatable bonds is 6. The van der Waals surface area contributed by atoms with E-state index in [2.05, 4.69) is 20.9 Å². The van der Waals surface area contributed by atoms with E-state index in [4.69, 9.17) is 9.47 Å². The minimum atomic E-state index is 0.657. The minimum Gasteiger partial charge on any atom is -0.491 e. The highest BCUT2D eigenvalue weighted by atomic mass is 79.9. The molecule has 0 bridgehead atoms. The Morgan fingerprint density at radius 2 is 2.29 bits per heavy atom. The first-order valence-electron chi connectivity index (χ1n) is 4.65. The minimum absolute atomic E-state index is 0.657. The highest BCUT2D eigenvalue weighted by molar-refractivity contribution is 9.10. The van der Waals surface area contributed by atoms with Crippen LogP contribution in [0.4, 0.5) is 0 Å². The van der Waals surface area contributed by atoms with Gasteiger partial charge in [0.05, 0.1) is 6.61 Å². The predicted molar refractivity (Wildman–Crippen MR) is 58.5 cm³/mol. The highest BCUT2D eigenvalue weighted by Gasteiger charge is 1.99. The van der Waals surface area contributed by atoms with Gasteiger partial charge in [-0.2, -0.15) is 0 Å². The lowest BCUT2D eigenvalue weighted by Gasteiger charge is -2.06. The zero-order valence-corrected chi connectivity index (χ0v) is 9.79. The molecule has 1 rings (SSSR count). The van der Waals surface area contributed by atoms with E-state index < -0.39 is 0 Å². The molecule has 0 saturated carbocycles. The maximum atomic E-state index is 5.49. The van der Waals surface area contributed by atoms with Gasteiger partial charge in [0.2, 0.25) is 0 Å². The van der Waals surface area contributed by atoms with Crippen LogP contribution < -0.4 is 4.74 Å². The lowest BCUT2D eigenvalue weighted by atomic mass is 10.4. The number of halogens is 1. The summed E-state index contributed by atoms with van der Waals surface area (Å²) in [4.78, 5) is 4.05. The van der Waals surface area contributed by atoms with E-state index in [0.717, 1.165) is 30.0 Å². The lowest BCUT2D eigenvalue weighted by molar-refractivity contribution is 0.130. The Hall–Kier alpha value is -0.610.